The highest BCUT2D eigenvalue weighted by molar-refractivity contribution is 5.74. The average molecular weight is 273 g/mol. The number of carbonyl (C=O) groups excluding carboxylic acids is 1. The smallest absolute Gasteiger partial charge is 0.352 e. The first-order valence-electron chi connectivity index (χ1n) is 5.75. The Kier molecular flexibility index (Phi) is 3.95. The van der Waals surface area contributed by atoms with Crippen LogP contribution >= 0.6 is 0 Å². The number of phenols is 1. The number of rotatable bonds is 5. The van der Waals surface area contributed by atoms with E-state index in [2.05, 4.69) is 0 Å². The molecule has 0 saturated carbocycles. The first-order valence-corrected chi connectivity index (χ1v) is 5.75. The molecular weight excluding hydrogens is 262 g/mol. The summed E-state index contributed by atoms with van der Waals surface area (Å²) in [5.74, 6) is -0.472. The van der Waals surface area contributed by atoms with E-state index in [0.29, 0.717) is 17.4 Å². The summed E-state index contributed by atoms with van der Waals surface area (Å²) in [7, 11) is 0. The van der Waals surface area contributed by atoms with Crippen LogP contribution in [0.3, 0.4) is 0 Å². The van der Waals surface area contributed by atoms with Crippen molar-refractivity contribution >= 4 is 12.0 Å². The molecule has 6 heteroatoms. The van der Waals surface area contributed by atoms with E-state index in [0.717, 1.165) is 0 Å². The van der Waals surface area contributed by atoms with Crippen LogP contribution < -0.4 is 4.74 Å². The number of aromatic hydroxyl groups is 1. The molecule has 2 aromatic carbocycles. The second kappa shape index (κ2) is 5.83. The Balaban J connectivity index is 2.20. The van der Waals surface area contributed by atoms with E-state index in [9.17, 15) is 20.0 Å². The number of ether oxygens (including phenoxy) is 1. The summed E-state index contributed by atoms with van der Waals surface area (Å²) in [5.41, 5.74) is 0.725. The van der Waals surface area contributed by atoms with Gasteiger partial charge in [-0.1, -0.05) is 24.3 Å². The molecule has 6 nitrogen and oxygen atoms in total. The Labute approximate surface area is 114 Å². The highest BCUT2D eigenvalue weighted by atomic mass is 16.6. The molecule has 0 spiro atoms. The normalized spacial score (nSPS) is 10.0. The molecular formula is C14H11NO5. The van der Waals surface area contributed by atoms with Crippen LogP contribution in [0.4, 0.5) is 5.69 Å². The predicted octanol–water partition coefficient (Wildman–Crippen LogP) is 2.69. The molecule has 0 aliphatic rings. The van der Waals surface area contributed by atoms with Crippen molar-refractivity contribution in [1.29, 1.82) is 0 Å². The molecule has 0 fully saturated rings. The fourth-order valence-corrected chi connectivity index (χ4v) is 1.73. The maximum absolute atomic E-state index is 10.9. The lowest BCUT2D eigenvalue weighted by Gasteiger charge is -2.07. The van der Waals surface area contributed by atoms with E-state index in [4.69, 9.17) is 4.74 Å². The fourth-order valence-electron chi connectivity index (χ4n) is 1.73. The number of hydrogen-bond donors (Lipinski definition) is 1. The van der Waals surface area contributed by atoms with Gasteiger partial charge < -0.3 is 9.84 Å². The van der Waals surface area contributed by atoms with Crippen LogP contribution in [0.5, 0.6) is 11.5 Å². The Hall–Kier alpha value is -2.89. The Bertz CT molecular complexity index is 654. The molecule has 0 atom stereocenters. The van der Waals surface area contributed by atoms with E-state index in [1.54, 1.807) is 24.3 Å². The van der Waals surface area contributed by atoms with Crippen molar-refractivity contribution in [1.82, 2.24) is 0 Å². The van der Waals surface area contributed by atoms with Gasteiger partial charge in [0.2, 0.25) is 5.75 Å². The van der Waals surface area contributed by atoms with Crippen LogP contribution in [0.15, 0.2) is 42.5 Å². The molecule has 1 N–H and O–H groups in total. The number of hydrogen-bond acceptors (Lipinski definition) is 5. The molecule has 0 aliphatic heterocycles. The minimum atomic E-state index is -0.702. The number of nitro groups is 1. The third-order valence-corrected chi connectivity index (χ3v) is 2.64. The average Bonchev–Trinajstić information content (AvgIpc) is 2.45. The molecule has 20 heavy (non-hydrogen) atoms. The van der Waals surface area contributed by atoms with E-state index in [1.165, 1.54) is 18.2 Å². The second-order valence-corrected chi connectivity index (χ2v) is 4.03. The first-order chi connectivity index (χ1) is 9.61. The van der Waals surface area contributed by atoms with E-state index >= 15 is 0 Å². The SMILES string of the molecule is O=Cc1cccc(COc2cccc(O)c2[N+](=O)[O-])c1. The van der Waals surface area contributed by atoms with Gasteiger partial charge in [-0.2, -0.15) is 0 Å². The summed E-state index contributed by atoms with van der Waals surface area (Å²) in [6, 6.07) is 10.8. The van der Waals surface area contributed by atoms with Crippen LogP contribution in [0, 0.1) is 10.1 Å². The van der Waals surface area contributed by atoms with Crippen LogP contribution in [0.25, 0.3) is 0 Å². The summed E-state index contributed by atoms with van der Waals surface area (Å²) >= 11 is 0. The highest BCUT2D eigenvalue weighted by Crippen LogP contribution is 2.35. The van der Waals surface area contributed by atoms with Gasteiger partial charge in [0.05, 0.1) is 4.92 Å². The number of carbonyl (C=O) groups is 1. The quantitative estimate of drug-likeness (QED) is 0.514. The Morgan fingerprint density at radius 2 is 2.00 bits per heavy atom. The second-order valence-electron chi connectivity index (χ2n) is 4.03. The zero-order valence-corrected chi connectivity index (χ0v) is 10.4. The third kappa shape index (κ3) is 2.92. The van der Waals surface area contributed by atoms with Gasteiger partial charge in [-0.25, -0.2) is 0 Å². The molecule has 0 aliphatic carbocycles. The van der Waals surface area contributed by atoms with Crippen molar-refractivity contribution in [3.8, 4) is 11.5 Å². The monoisotopic (exact) mass is 273 g/mol. The highest BCUT2D eigenvalue weighted by Gasteiger charge is 2.20. The van der Waals surface area contributed by atoms with E-state index in [1.807, 2.05) is 0 Å². The van der Waals surface area contributed by atoms with Crippen molar-refractivity contribution in [2.75, 3.05) is 0 Å². The number of phenolic OH excluding ortho intramolecular Hbond substituents is 1. The van der Waals surface area contributed by atoms with Crippen LogP contribution in [-0.4, -0.2) is 16.3 Å². The summed E-state index contributed by atoms with van der Waals surface area (Å²) in [5, 5.41) is 20.3. The predicted molar refractivity (Wildman–Crippen MR) is 70.9 cm³/mol. The lowest BCUT2D eigenvalue weighted by Crippen LogP contribution is -1.99. The zero-order valence-electron chi connectivity index (χ0n) is 10.4. The summed E-state index contributed by atoms with van der Waals surface area (Å²) < 4.78 is 5.35. The van der Waals surface area contributed by atoms with Crippen molar-refractivity contribution in [2.24, 2.45) is 0 Å². The maximum Gasteiger partial charge on any atom is 0.352 e. The molecule has 2 rings (SSSR count). The summed E-state index contributed by atoms with van der Waals surface area (Å²) in [6.45, 7) is 0.0615. The van der Waals surface area contributed by atoms with Crippen molar-refractivity contribution in [3.63, 3.8) is 0 Å². The van der Waals surface area contributed by atoms with Gasteiger partial charge in [0.25, 0.3) is 0 Å². The molecule has 0 aromatic heterocycles. The number of benzene rings is 2. The number of nitrogens with zero attached hydrogens (tertiary/aromatic N) is 1. The Morgan fingerprint density at radius 1 is 1.25 bits per heavy atom. The molecule has 2 aromatic rings. The summed E-state index contributed by atoms with van der Waals surface area (Å²) in [4.78, 5) is 20.8. The largest absolute Gasteiger partial charge is 0.502 e. The fraction of sp³-hybridized carbons (Fsp3) is 0.0714. The van der Waals surface area contributed by atoms with Crippen LogP contribution in [0.2, 0.25) is 0 Å². The third-order valence-electron chi connectivity index (χ3n) is 2.64. The van der Waals surface area contributed by atoms with Gasteiger partial charge >= 0.3 is 5.69 Å². The minimum absolute atomic E-state index is 0.0218. The molecule has 102 valence electrons. The molecule has 0 radical (unpaired) electrons. The molecule has 0 bridgehead atoms. The van der Waals surface area contributed by atoms with Crippen LogP contribution in [-0.2, 0) is 6.61 Å². The number of para-hydroxylation sites is 1. The van der Waals surface area contributed by atoms with Gasteiger partial charge in [0.15, 0.2) is 5.75 Å². The van der Waals surface area contributed by atoms with E-state index < -0.39 is 16.4 Å². The zero-order chi connectivity index (χ0) is 14.5. The van der Waals surface area contributed by atoms with Gasteiger partial charge in [-0.05, 0) is 23.8 Å². The van der Waals surface area contributed by atoms with Gasteiger partial charge in [-0.3, -0.25) is 14.9 Å². The lowest BCUT2D eigenvalue weighted by atomic mass is 10.1. The molecule has 0 heterocycles. The standard InChI is InChI=1S/C14H11NO5/c16-8-10-3-1-4-11(7-10)9-20-13-6-2-5-12(17)14(13)15(18)19/h1-8,17H,9H2. The molecule has 0 amide bonds. The van der Waals surface area contributed by atoms with Crippen LogP contribution in [0.1, 0.15) is 15.9 Å². The van der Waals surface area contributed by atoms with Gasteiger partial charge in [0, 0.05) is 5.56 Å². The van der Waals surface area contributed by atoms with Crippen molar-refractivity contribution in [3.05, 3.63) is 63.7 Å². The minimum Gasteiger partial charge on any atom is -0.502 e. The Morgan fingerprint density at radius 3 is 2.70 bits per heavy atom. The number of aldehydes is 1. The van der Waals surface area contributed by atoms with Crippen molar-refractivity contribution in [2.45, 2.75) is 6.61 Å². The van der Waals surface area contributed by atoms with Gasteiger partial charge in [-0.15, -0.1) is 0 Å². The lowest BCUT2D eigenvalue weighted by molar-refractivity contribution is -0.386. The van der Waals surface area contributed by atoms with Gasteiger partial charge in [0.1, 0.15) is 12.9 Å². The first kappa shape index (κ1) is 13.5. The molecule has 0 saturated heterocycles. The summed E-state index contributed by atoms with van der Waals surface area (Å²) in [6.07, 6.45) is 0.709. The maximum atomic E-state index is 10.9. The molecule has 0 unspecified atom stereocenters. The van der Waals surface area contributed by atoms with Crippen molar-refractivity contribution < 1.29 is 19.6 Å². The number of nitro benzene ring substituents is 1. The topological polar surface area (TPSA) is 89.7 Å². The van der Waals surface area contributed by atoms with E-state index in [-0.39, 0.29) is 12.4 Å².